The van der Waals surface area contributed by atoms with Gasteiger partial charge in [0.1, 0.15) is 6.10 Å². The first-order valence-corrected chi connectivity index (χ1v) is 7.77. The van der Waals surface area contributed by atoms with E-state index < -0.39 is 16.1 Å². The highest BCUT2D eigenvalue weighted by molar-refractivity contribution is 7.89. The Hall–Kier alpha value is -0.430. The lowest BCUT2D eigenvalue weighted by Crippen LogP contribution is -2.30. The van der Waals surface area contributed by atoms with Crippen LogP contribution >= 0.6 is 11.3 Å². The lowest BCUT2D eigenvalue weighted by molar-refractivity contribution is 0.186. The minimum Gasteiger partial charge on any atom is -0.386 e. The van der Waals surface area contributed by atoms with Gasteiger partial charge in [0.05, 0.1) is 5.75 Å². The van der Waals surface area contributed by atoms with Crippen LogP contribution in [-0.4, -0.2) is 25.8 Å². The van der Waals surface area contributed by atoms with Gasteiger partial charge in [-0.05, 0) is 17.9 Å². The molecule has 0 fully saturated rings. The first kappa shape index (κ1) is 13.6. The zero-order chi connectivity index (χ0) is 12.0. The number of hydrogen-bond acceptors (Lipinski definition) is 4. The second-order valence-corrected chi connectivity index (χ2v) is 6.46. The van der Waals surface area contributed by atoms with Crippen molar-refractivity contribution in [2.75, 3.05) is 12.3 Å². The molecule has 92 valence electrons. The maximum atomic E-state index is 11.4. The molecular formula is C10H17NO3S2. The molecular weight excluding hydrogens is 246 g/mol. The SMILES string of the molecule is CCCCS(=O)(=O)NCC(O)c1cccs1. The highest BCUT2D eigenvalue weighted by atomic mass is 32.2. The molecule has 0 aliphatic heterocycles. The molecule has 1 atom stereocenters. The molecule has 6 heteroatoms. The number of hydrogen-bond donors (Lipinski definition) is 2. The Morgan fingerprint density at radius 1 is 1.56 bits per heavy atom. The lowest BCUT2D eigenvalue weighted by atomic mass is 10.3. The first-order chi connectivity index (χ1) is 7.55. The quantitative estimate of drug-likeness (QED) is 0.783. The average Bonchev–Trinajstić information content (AvgIpc) is 2.77. The zero-order valence-electron chi connectivity index (χ0n) is 9.22. The van der Waals surface area contributed by atoms with Gasteiger partial charge in [-0.25, -0.2) is 13.1 Å². The third kappa shape index (κ3) is 4.61. The van der Waals surface area contributed by atoms with Crippen LogP contribution in [0.4, 0.5) is 0 Å². The molecule has 1 heterocycles. The van der Waals surface area contributed by atoms with Crippen molar-refractivity contribution < 1.29 is 13.5 Å². The van der Waals surface area contributed by atoms with Crippen molar-refractivity contribution in [2.45, 2.75) is 25.9 Å². The topological polar surface area (TPSA) is 66.4 Å². The van der Waals surface area contributed by atoms with Crippen LogP contribution in [0.15, 0.2) is 17.5 Å². The Morgan fingerprint density at radius 2 is 2.31 bits per heavy atom. The number of nitrogens with one attached hydrogen (secondary N) is 1. The van der Waals surface area contributed by atoms with Gasteiger partial charge in [-0.3, -0.25) is 0 Å². The van der Waals surface area contributed by atoms with Crippen LogP contribution in [0.25, 0.3) is 0 Å². The summed E-state index contributed by atoms with van der Waals surface area (Å²) in [5, 5.41) is 11.5. The predicted octanol–water partition coefficient (Wildman–Crippen LogP) is 1.50. The van der Waals surface area contributed by atoms with Crippen molar-refractivity contribution in [3.63, 3.8) is 0 Å². The largest absolute Gasteiger partial charge is 0.386 e. The Kier molecular flexibility index (Phi) is 5.40. The molecule has 0 saturated carbocycles. The summed E-state index contributed by atoms with van der Waals surface area (Å²) in [7, 11) is -3.24. The second kappa shape index (κ2) is 6.34. The fraction of sp³-hybridized carbons (Fsp3) is 0.600. The molecule has 0 aliphatic rings. The van der Waals surface area contributed by atoms with Crippen molar-refractivity contribution in [1.82, 2.24) is 4.72 Å². The van der Waals surface area contributed by atoms with E-state index in [-0.39, 0.29) is 12.3 Å². The highest BCUT2D eigenvalue weighted by Crippen LogP contribution is 2.17. The van der Waals surface area contributed by atoms with Crippen LogP contribution in [0.1, 0.15) is 30.7 Å². The summed E-state index contributed by atoms with van der Waals surface area (Å²) < 4.78 is 25.3. The molecule has 0 amide bonds. The van der Waals surface area contributed by atoms with E-state index in [1.54, 1.807) is 6.07 Å². The minimum atomic E-state index is -3.24. The maximum absolute atomic E-state index is 11.4. The van der Waals surface area contributed by atoms with Gasteiger partial charge >= 0.3 is 0 Å². The minimum absolute atomic E-state index is 0.0482. The summed E-state index contributed by atoms with van der Waals surface area (Å²) >= 11 is 1.41. The Balaban J connectivity index is 2.39. The Bertz CT molecular complexity index is 386. The molecule has 0 saturated heterocycles. The molecule has 2 N–H and O–H groups in total. The van der Waals surface area contributed by atoms with Gasteiger partial charge in [0.2, 0.25) is 10.0 Å². The zero-order valence-corrected chi connectivity index (χ0v) is 10.9. The van der Waals surface area contributed by atoms with E-state index >= 15 is 0 Å². The van der Waals surface area contributed by atoms with Crippen LogP contribution in [0.3, 0.4) is 0 Å². The number of thiophene rings is 1. The summed E-state index contributed by atoms with van der Waals surface area (Å²) in [6.07, 6.45) is 0.732. The van der Waals surface area contributed by atoms with Gasteiger partial charge < -0.3 is 5.11 Å². The second-order valence-electron chi connectivity index (χ2n) is 3.55. The third-order valence-electron chi connectivity index (χ3n) is 2.13. The number of aliphatic hydroxyl groups excluding tert-OH is 1. The van der Waals surface area contributed by atoms with Crippen LogP contribution in [-0.2, 0) is 10.0 Å². The van der Waals surface area contributed by atoms with Gasteiger partial charge in [0, 0.05) is 11.4 Å². The smallest absolute Gasteiger partial charge is 0.211 e. The molecule has 0 aromatic carbocycles. The molecule has 16 heavy (non-hydrogen) atoms. The summed E-state index contributed by atoms with van der Waals surface area (Å²) in [5.74, 6) is 0.126. The molecule has 0 radical (unpaired) electrons. The van der Waals surface area contributed by atoms with E-state index in [4.69, 9.17) is 0 Å². The summed E-state index contributed by atoms with van der Waals surface area (Å²) in [4.78, 5) is 0.776. The fourth-order valence-electron chi connectivity index (χ4n) is 1.19. The van der Waals surface area contributed by atoms with Crippen LogP contribution < -0.4 is 4.72 Å². The Morgan fingerprint density at radius 3 is 2.88 bits per heavy atom. The fourth-order valence-corrected chi connectivity index (χ4v) is 3.13. The van der Waals surface area contributed by atoms with Crippen LogP contribution in [0.2, 0.25) is 0 Å². The maximum Gasteiger partial charge on any atom is 0.211 e. The number of aliphatic hydroxyl groups is 1. The summed E-state index contributed by atoms with van der Waals surface area (Å²) in [6, 6.07) is 3.62. The van der Waals surface area contributed by atoms with Gasteiger partial charge in [-0.15, -0.1) is 11.3 Å². The van der Waals surface area contributed by atoms with Crippen molar-refractivity contribution in [2.24, 2.45) is 0 Å². The number of rotatable bonds is 7. The Labute approximate surface area is 100 Å². The van der Waals surface area contributed by atoms with E-state index in [9.17, 15) is 13.5 Å². The monoisotopic (exact) mass is 263 g/mol. The van der Waals surface area contributed by atoms with Gasteiger partial charge in [0.15, 0.2) is 0 Å². The van der Waals surface area contributed by atoms with Gasteiger partial charge in [-0.1, -0.05) is 19.4 Å². The molecule has 1 aromatic heterocycles. The number of unbranched alkanes of at least 4 members (excludes halogenated alkanes) is 1. The molecule has 4 nitrogen and oxygen atoms in total. The van der Waals surface area contributed by atoms with Crippen LogP contribution in [0, 0.1) is 0 Å². The van der Waals surface area contributed by atoms with E-state index in [1.807, 2.05) is 18.4 Å². The summed E-state index contributed by atoms with van der Waals surface area (Å²) in [5.41, 5.74) is 0. The molecule has 0 spiro atoms. The molecule has 1 aromatic rings. The van der Waals surface area contributed by atoms with E-state index in [1.165, 1.54) is 11.3 Å². The molecule has 1 rings (SSSR count). The average molecular weight is 263 g/mol. The van der Waals surface area contributed by atoms with Crippen molar-refractivity contribution in [3.8, 4) is 0 Å². The van der Waals surface area contributed by atoms with Crippen molar-refractivity contribution in [1.29, 1.82) is 0 Å². The lowest BCUT2D eigenvalue weighted by Gasteiger charge is -2.10. The standard InChI is InChI=1S/C10H17NO3S2/c1-2-3-7-16(13,14)11-8-9(12)10-5-4-6-15-10/h4-6,9,11-12H,2-3,7-8H2,1H3. The van der Waals surface area contributed by atoms with E-state index in [0.717, 1.165) is 11.3 Å². The number of sulfonamides is 1. The molecule has 0 bridgehead atoms. The summed E-state index contributed by atoms with van der Waals surface area (Å²) in [6.45, 7) is 1.99. The van der Waals surface area contributed by atoms with E-state index in [0.29, 0.717) is 6.42 Å². The predicted molar refractivity (Wildman–Crippen MR) is 66.0 cm³/mol. The van der Waals surface area contributed by atoms with E-state index in [2.05, 4.69) is 4.72 Å². The third-order valence-corrected chi connectivity index (χ3v) is 4.54. The van der Waals surface area contributed by atoms with Crippen molar-refractivity contribution in [3.05, 3.63) is 22.4 Å². The van der Waals surface area contributed by atoms with Gasteiger partial charge in [0.25, 0.3) is 0 Å². The highest BCUT2D eigenvalue weighted by Gasteiger charge is 2.14. The first-order valence-electron chi connectivity index (χ1n) is 5.24. The van der Waals surface area contributed by atoms with Gasteiger partial charge in [-0.2, -0.15) is 0 Å². The van der Waals surface area contributed by atoms with Crippen LogP contribution in [0.5, 0.6) is 0 Å². The normalized spacial score (nSPS) is 13.9. The molecule has 0 aliphatic carbocycles. The molecule has 1 unspecified atom stereocenters. The van der Waals surface area contributed by atoms with Crippen molar-refractivity contribution >= 4 is 21.4 Å².